The fraction of sp³-hybridized carbons (Fsp3) is 0.462. The molecule has 0 unspecified atom stereocenters. The molecule has 3 rings (SSSR count). The number of aromatic nitrogens is 3. The van der Waals surface area contributed by atoms with Gasteiger partial charge in [-0.1, -0.05) is 5.11 Å². The van der Waals surface area contributed by atoms with Crippen molar-refractivity contribution in [3.05, 3.63) is 28.0 Å². The molecule has 12 heteroatoms. The average molecular weight is 348 g/mol. The van der Waals surface area contributed by atoms with Gasteiger partial charge in [-0.2, -0.15) is 0 Å². The minimum absolute atomic E-state index is 0.0636. The lowest BCUT2D eigenvalue weighted by molar-refractivity contribution is -0.0318. The van der Waals surface area contributed by atoms with Crippen LogP contribution in [-0.4, -0.2) is 55.5 Å². The summed E-state index contributed by atoms with van der Waals surface area (Å²) in [5.74, 6) is -0.339. The summed E-state index contributed by atoms with van der Waals surface area (Å²) in [4.78, 5) is 22.6. The first-order valence-corrected chi connectivity index (χ1v) is 7.32. The molecule has 0 radical (unpaired) electrons. The summed E-state index contributed by atoms with van der Waals surface area (Å²) in [6.45, 7) is 1.45. The van der Waals surface area contributed by atoms with E-state index < -0.39 is 30.4 Å². The number of aliphatic hydroxyl groups is 2. The van der Waals surface area contributed by atoms with E-state index in [0.29, 0.717) is 5.82 Å². The molecule has 1 saturated heterocycles. The molecule has 12 nitrogen and oxygen atoms in total. The minimum atomic E-state index is -1.34. The second-order valence-corrected chi connectivity index (χ2v) is 5.63. The first kappa shape index (κ1) is 16.9. The van der Waals surface area contributed by atoms with Crippen molar-refractivity contribution in [1.29, 1.82) is 0 Å². The maximum absolute atomic E-state index is 11.7. The van der Waals surface area contributed by atoms with E-state index in [2.05, 4.69) is 20.0 Å². The molecular weight excluding hydrogens is 332 g/mol. The summed E-state index contributed by atoms with van der Waals surface area (Å²) in [7, 11) is 0. The van der Waals surface area contributed by atoms with Gasteiger partial charge in [0.25, 0.3) is 5.91 Å². The second kappa shape index (κ2) is 6.18. The topological polar surface area (TPSA) is 198 Å². The van der Waals surface area contributed by atoms with Gasteiger partial charge in [0.05, 0.1) is 23.6 Å². The molecule has 0 bridgehead atoms. The zero-order valence-corrected chi connectivity index (χ0v) is 13.1. The van der Waals surface area contributed by atoms with Crippen LogP contribution in [0.1, 0.15) is 22.4 Å². The smallest absolute Gasteiger partial charge is 0.251 e. The minimum Gasteiger partial charge on any atom is -0.388 e. The maximum Gasteiger partial charge on any atom is 0.251 e. The van der Waals surface area contributed by atoms with Crippen LogP contribution in [0.2, 0.25) is 0 Å². The van der Waals surface area contributed by atoms with Gasteiger partial charge in [-0.3, -0.25) is 4.79 Å². The lowest BCUT2D eigenvalue weighted by Crippen LogP contribution is -2.32. The summed E-state index contributed by atoms with van der Waals surface area (Å²) < 4.78 is 6.97. The first-order chi connectivity index (χ1) is 11.8. The Morgan fingerprint density at radius 1 is 1.48 bits per heavy atom. The fourth-order valence-corrected chi connectivity index (χ4v) is 2.90. The molecule has 2 aromatic heterocycles. The Kier molecular flexibility index (Phi) is 4.18. The van der Waals surface area contributed by atoms with Gasteiger partial charge in [0.1, 0.15) is 29.5 Å². The van der Waals surface area contributed by atoms with Crippen molar-refractivity contribution in [3.63, 3.8) is 0 Å². The van der Waals surface area contributed by atoms with Gasteiger partial charge in [0, 0.05) is 11.1 Å². The Labute approximate surface area is 140 Å². The highest BCUT2D eigenvalue weighted by Gasteiger charge is 2.44. The molecule has 0 aliphatic carbocycles. The summed E-state index contributed by atoms with van der Waals surface area (Å²) in [5.41, 5.74) is 20.0. The van der Waals surface area contributed by atoms with Gasteiger partial charge in [-0.05, 0) is 12.5 Å². The van der Waals surface area contributed by atoms with E-state index in [-0.39, 0.29) is 29.0 Å². The molecule has 0 spiro atoms. The molecule has 1 aliphatic heterocycles. The van der Waals surface area contributed by atoms with Crippen LogP contribution < -0.4 is 11.5 Å². The van der Waals surface area contributed by atoms with Gasteiger partial charge in [0.2, 0.25) is 0 Å². The third-order valence-electron chi connectivity index (χ3n) is 4.01. The maximum atomic E-state index is 11.7. The Bertz CT molecular complexity index is 890. The monoisotopic (exact) mass is 348 g/mol. The zero-order chi connectivity index (χ0) is 18.3. The second-order valence-electron chi connectivity index (χ2n) is 5.63. The van der Waals surface area contributed by atoms with Crippen molar-refractivity contribution in [3.8, 4) is 0 Å². The molecule has 2 aromatic rings. The number of hydrogen-bond donors (Lipinski definition) is 4. The number of primary amides is 1. The van der Waals surface area contributed by atoms with E-state index in [9.17, 15) is 15.0 Å². The highest BCUT2D eigenvalue weighted by Crippen LogP contribution is 2.34. The molecule has 1 fully saturated rings. The summed E-state index contributed by atoms with van der Waals surface area (Å²) >= 11 is 0. The third kappa shape index (κ3) is 2.72. The number of ether oxygens (including phenoxy) is 1. The lowest BCUT2D eigenvalue weighted by atomic mass is 10.1. The Hall–Kier alpha value is -2.92. The molecule has 132 valence electrons. The normalized spacial score (nSPS) is 25.9. The summed E-state index contributed by atoms with van der Waals surface area (Å²) in [6, 6.07) is 0. The number of nitrogens with zero attached hydrogens (tertiary/aromatic N) is 6. The van der Waals surface area contributed by atoms with Crippen molar-refractivity contribution in [2.45, 2.75) is 31.5 Å². The number of fused-ring (bicyclic) bond motifs is 1. The number of carbonyl (C=O) groups excluding carboxylic acids is 1. The van der Waals surface area contributed by atoms with E-state index in [0.717, 1.165) is 0 Å². The van der Waals surface area contributed by atoms with E-state index in [1.807, 2.05) is 0 Å². The number of rotatable bonds is 4. The number of carbonyl (C=O) groups is 1. The predicted octanol–water partition coefficient (Wildman–Crippen LogP) is -0.650. The van der Waals surface area contributed by atoms with Crippen LogP contribution in [0.5, 0.6) is 0 Å². The highest BCUT2D eigenvalue weighted by atomic mass is 16.6. The van der Waals surface area contributed by atoms with Gasteiger partial charge in [-0.15, -0.1) is 0 Å². The summed E-state index contributed by atoms with van der Waals surface area (Å²) in [5, 5.41) is 24.0. The number of nitrogen functional groups attached to an aromatic ring is 1. The molecule has 1 aliphatic rings. The number of aliphatic hydroxyl groups excluding tert-OH is 2. The molecule has 0 saturated carbocycles. The van der Waals surface area contributed by atoms with E-state index >= 15 is 0 Å². The average Bonchev–Trinajstić information content (AvgIpc) is 3.05. The standard InChI is InChI=1S/C13H16N8O4/c1-4-18-10(14)7-5(11(15)24)3-21(12(7)19-4)13-9(23)8(22)6(25-13)2-17-20-16/h3,6,8-9,13,22-23H,2H2,1H3,(H2,15,24)(H2,14,18,19)/t6-,8-,9-,13-/m1/s1. The van der Waals surface area contributed by atoms with E-state index in [1.165, 1.54) is 10.8 Å². The Morgan fingerprint density at radius 3 is 2.84 bits per heavy atom. The lowest BCUT2D eigenvalue weighted by Gasteiger charge is -2.17. The number of amides is 1. The van der Waals surface area contributed by atoms with E-state index in [4.69, 9.17) is 21.7 Å². The molecule has 3 heterocycles. The highest BCUT2D eigenvalue weighted by molar-refractivity contribution is 6.08. The quantitative estimate of drug-likeness (QED) is 0.319. The Morgan fingerprint density at radius 2 is 2.20 bits per heavy atom. The number of aryl methyl sites for hydroxylation is 1. The third-order valence-corrected chi connectivity index (χ3v) is 4.01. The predicted molar refractivity (Wildman–Crippen MR) is 85.1 cm³/mol. The van der Waals surface area contributed by atoms with Crippen molar-refractivity contribution in [2.24, 2.45) is 10.8 Å². The number of hydrogen-bond acceptors (Lipinski definition) is 8. The number of nitrogens with two attached hydrogens (primary N) is 2. The van der Waals surface area contributed by atoms with Crippen LogP contribution in [0, 0.1) is 6.92 Å². The van der Waals surface area contributed by atoms with Crippen LogP contribution in [0.4, 0.5) is 5.82 Å². The molecular formula is C13H16N8O4. The van der Waals surface area contributed by atoms with Gasteiger partial charge in [0.15, 0.2) is 6.23 Å². The van der Waals surface area contributed by atoms with E-state index in [1.54, 1.807) is 6.92 Å². The van der Waals surface area contributed by atoms with Crippen LogP contribution in [0.15, 0.2) is 11.3 Å². The van der Waals surface area contributed by atoms with Gasteiger partial charge in [-0.25, -0.2) is 9.97 Å². The fourth-order valence-electron chi connectivity index (χ4n) is 2.90. The van der Waals surface area contributed by atoms with Crippen molar-refractivity contribution >= 4 is 22.8 Å². The first-order valence-electron chi connectivity index (χ1n) is 7.32. The molecule has 6 N–H and O–H groups in total. The van der Waals surface area contributed by atoms with Crippen LogP contribution in [0.3, 0.4) is 0 Å². The molecule has 0 aromatic carbocycles. The SMILES string of the molecule is Cc1nc(N)c2c(C(N)=O)cn([C@@H]3O[C@H](CN=[N+]=[N-])[C@@H](O)[C@H]3O)c2n1. The zero-order valence-electron chi connectivity index (χ0n) is 13.1. The molecule has 4 atom stereocenters. The van der Waals surface area contributed by atoms with Crippen molar-refractivity contribution < 1.29 is 19.7 Å². The van der Waals surface area contributed by atoms with Crippen LogP contribution in [-0.2, 0) is 4.74 Å². The largest absolute Gasteiger partial charge is 0.388 e. The Balaban J connectivity index is 2.12. The number of anilines is 1. The molecule has 25 heavy (non-hydrogen) atoms. The van der Waals surface area contributed by atoms with Crippen molar-refractivity contribution in [1.82, 2.24) is 14.5 Å². The van der Waals surface area contributed by atoms with Gasteiger partial charge < -0.3 is 31.0 Å². The molecule has 1 amide bonds. The number of azide groups is 1. The van der Waals surface area contributed by atoms with Crippen molar-refractivity contribution in [2.75, 3.05) is 12.3 Å². The van der Waals surface area contributed by atoms with Crippen LogP contribution >= 0.6 is 0 Å². The summed E-state index contributed by atoms with van der Waals surface area (Å²) in [6.07, 6.45) is -3.27. The van der Waals surface area contributed by atoms with Gasteiger partial charge >= 0.3 is 0 Å². The van der Waals surface area contributed by atoms with Crippen LogP contribution in [0.25, 0.3) is 21.5 Å².